The molecular weight excluding hydrogens is 208 g/mol. The zero-order valence-electron chi connectivity index (χ0n) is 11.8. The number of nitrogens with one attached hydrogen (secondary N) is 1. The Kier molecular flexibility index (Phi) is 5.30. The fourth-order valence-corrected chi connectivity index (χ4v) is 3.58. The third kappa shape index (κ3) is 3.45. The monoisotopic (exact) mass is 238 g/mol. The van der Waals surface area contributed by atoms with Crippen molar-refractivity contribution in [2.45, 2.75) is 70.9 Å². The Morgan fingerprint density at radius 1 is 1.18 bits per heavy atom. The molecule has 1 saturated heterocycles. The molecule has 1 heterocycles. The molecular formula is C15H30N2. The summed E-state index contributed by atoms with van der Waals surface area (Å²) in [5.74, 6) is 0.839. The minimum absolute atomic E-state index is 0.789. The van der Waals surface area contributed by atoms with Gasteiger partial charge in [0.05, 0.1) is 0 Å². The lowest BCUT2D eigenvalue weighted by Crippen LogP contribution is -2.57. The molecule has 1 saturated carbocycles. The summed E-state index contributed by atoms with van der Waals surface area (Å²) in [6.45, 7) is 8.46. The van der Waals surface area contributed by atoms with Gasteiger partial charge in [-0.1, -0.05) is 46.0 Å². The second-order valence-corrected chi connectivity index (χ2v) is 6.04. The maximum absolute atomic E-state index is 3.59. The highest BCUT2D eigenvalue weighted by molar-refractivity contribution is 4.88. The molecule has 2 heteroatoms. The lowest BCUT2D eigenvalue weighted by molar-refractivity contribution is 0.0631. The van der Waals surface area contributed by atoms with E-state index < -0.39 is 0 Å². The number of hydrogen-bond acceptors (Lipinski definition) is 2. The first-order chi connectivity index (χ1) is 8.33. The Labute approximate surface area is 107 Å². The molecule has 2 nitrogen and oxygen atoms in total. The van der Waals surface area contributed by atoms with Crippen LogP contribution in [0.4, 0.5) is 0 Å². The first kappa shape index (κ1) is 13.4. The zero-order chi connectivity index (χ0) is 12.1. The molecule has 2 unspecified atom stereocenters. The molecule has 0 aromatic carbocycles. The van der Waals surface area contributed by atoms with E-state index in [0.717, 1.165) is 18.0 Å². The van der Waals surface area contributed by atoms with Gasteiger partial charge in [-0.15, -0.1) is 0 Å². The van der Waals surface area contributed by atoms with Crippen LogP contribution in [-0.2, 0) is 0 Å². The molecule has 1 N–H and O–H groups in total. The summed E-state index contributed by atoms with van der Waals surface area (Å²) < 4.78 is 0. The summed E-state index contributed by atoms with van der Waals surface area (Å²) >= 11 is 0. The maximum Gasteiger partial charge on any atom is 0.0249 e. The van der Waals surface area contributed by atoms with Crippen LogP contribution >= 0.6 is 0 Å². The first-order valence-corrected chi connectivity index (χ1v) is 7.79. The predicted molar refractivity (Wildman–Crippen MR) is 74.3 cm³/mol. The molecule has 100 valence electrons. The van der Waals surface area contributed by atoms with E-state index in [1.54, 1.807) is 0 Å². The average molecular weight is 238 g/mol. The highest BCUT2D eigenvalue weighted by Gasteiger charge is 2.31. The van der Waals surface area contributed by atoms with E-state index in [4.69, 9.17) is 0 Å². The third-order valence-corrected chi connectivity index (χ3v) is 4.92. The van der Waals surface area contributed by atoms with Gasteiger partial charge >= 0.3 is 0 Å². The third-order valence-electron chi connectivity index (χ3n) is 4.92. The molecule has 2 rings (SSSR count). The van der Waals surface area contributed by atoms with Gasteiger partial charge in [0.2, 0.25) is 0 Å². The molecule has 0 amide bonds. The number of rotatable bonds is 3. The Hall–Kier alpha value is -0.0800. The summed E-state index contributed by atoms with van der Waals surface area (Å²) in [4.78, 5) is 2.86. The molecule has 0 bridgehead atoms. The summed E-state index contributed by atoms with van der Waals surface area (Å²) in [5.41, 5.74) is 0. The van der Waals surface area contributed by atoms with Crippen LogP contribution in [0.3, 0.4) is 0 Å². The largest absolute Gasteiger partial charge is 0.314 e. The predicted octanol–water partition coefficient (Wildman–Crippen LogP) is 3.03. The first-order valence-electron chi connectivity index (χ1n) is 7.79. The van der Waals surface area contributed by atoms with Crippen LogP contribution in [0, 0.1) is 5.92 Å². The van der Waals surface area contributed by atoms with Crippen molar-refractivity contribution in [1.29, 1.82) is 0 Å². The Balaban J connectivity index is 1.98. The SMILES string of the molecule is CCC(C)C1CNCCN1C1CCCCCC1. The molecule has 0 spiro atoms. The Morgan fingerprint density at radius 3 is 2.53 bits per heavy atom. The van der Waals surface area contributed by atoms with Crippen LogP contribution < -0.4 is 5.32 Å². The topological polar surface area (TPSA) is 15.3 Å². The van der Waals surface area contributed by atoms with E-state index in [1.807, 2.05) is 0 Å². The fourth-order valence-electron chi connectivity index (χ4n) is 3.58. The normalized spacial score (nSPS) is 31.1. The highest BCUT2D eigenvalue weighted by Crippen LogP contribution is 2.27. The minimum Gasteiger partial charge on any atom is -0.314 e. The lowest BCUT2D eigenvalue weighted by Gasteiger charge is -2.44. The lowest BCUT2D eigenvalue weighted by atomic mass is 9.93. The number of nitrogens with zero attached hydrogens (tertiary/aromatic N) is 1. The van der Waals surface area contributed by atoms with Crippen LogP contribution in [0.15, 0.2) is 0 Å². The van der Waals surface area contributed by atoms with E-state index in [1.165, 1.54) is 64.6 Å². The van der Waals surface area contributed by atoms with E-state index >= 15 is 0 Å². The van der Waals surface area contributed by atoms with E-state index in [-0.39, 0.29) is 0 Å². The molecule has 17 heavy (non-hydrogen) atoms. The second-order valence-electron chi connectivity index (χ2n) is 6.04. The van der Waals surface area contributed by atoms with Gasteiger partial charge in [-0.3, -0.25) is 4.90 Å². The van der Waals surface area contributed by atoms with Gasteiger partial charge in [-0.05, 0) is 18.8 Å². The average Bonchev–Trinajstić information content (AvgIpc) is 2.66. The van der Waals surface area contributed by atoms with Crippen molar-refractivity contribution in [2.75, 3.05) is 19.6 Å². The number of piperazine rings is 1. The molecule has 0 radical (unpaired) electrons. The van der Waals surface area contributed by atoms with Crippen molar-refractivity contribution >= 4 is 0 Å². The summed E-state index contributed by atoms with van der Waals surface area (Å²) in [5, 5.41) is 3.59. The van der Waals surface area contributed by atoms with Gasteiger partial charge in [0, 0.05) is 31.7 Å². The van der Waals surface area contributed by atoms with Crippen LogP contribution in [-0.4, -0.2) is 36.6 Å². The standard InChI is InChI=1S/C15H30N2/c1-3-13(2)15-12-16-10-11-17(15)14-8-6-4-5-7-9-14/h13-16H,3-12H2,1-2H3. The second kappa shape index (κ2) is 6.75. The van der Waals surface area contributed by atoms with Gasteiger partial charge in [-0.2, -0.15) is 0 Å². The van der Waals surface area contributed by atoms with Crippen LogP contribution in [0.25, 0.3) is 0 Å². The molecule has 0 aromatic heterocycles. The molecule has 2 atom stereocenters. The summed E-state index contributed by atoms with van der Waals surface area (Å²) in [6.07, 6.45) is 10.1. The van der Waals surface area contributed by atoms with Gasteiger partial charge in [0.1, 0.15) is 0 Å². The van der Waals surface area contributed by atoms with Crippen molar-refractivity contribution in [1.82, 2.24) is 10.2 Å². The molecule has 2 aliphatic rings. The minimum atomic E-state index is 0.789. The fraction of sp³-hybridized carbons (Fsp3) is 1.00. The molecule has 0 aromatic rings. The van der Waals surface area contributed by atoms with E-state index in [0.29, 0.717) is 0 Å². The quantitative estimate of drug-likeness (QED) is 0.760. The van der Waals surface area contributed by atoms with Gasteiger partial charge in [-0.25, -0.2) is 0 Å². The van der Waals surface area contributed by atoms with Crippen molar-refractivity contribution in [3.63, 3.8) is 0 Å². The van der Waals surface area contributed by atoms with E-state index in [2.05, 4.69) is 24.1 Å². The molecule has 1 aliphatic heterocycles. The maximum atomic E-state index is 3.59. The molecule has 2 fully saturated rings. The van der Waals surface area contributed by atoms with E-state index in [9.17, 15) is 0 Å². The van der Waals surface area contributed by atoms with Crippen LogP contribution in [0.2, 0.25) is 0 Å². The van der Waals surface area contributed by atoms with Crippen molar-refractivity contribution in [3.8, 4) is 0 Å². The van der Waals surface area contributed by atoms with Gasteiger partial charge < -0.3 is 5.32 Å². The van der Waals surface area contributed by atoms with Gasteiger partial charge in [0.15, 0.2) is 0 Å². The Morgan fingerprint density at radius 2 is 1.88 bits per heavy atom. The van der Waals surface area contributed by atoms with Crippen LogP contribution in [0.5, 0.6) is 0 Å². The highest BCUT2D eigenvalue weighted by atomic mass is 15.2. The number of hydrogen-bond donors (Lipinski definition) is 1. The van der Waals surface area contributed by atoms with Crippen molar-refractivity contribution < 1.29 is 0 Å². The zero-order valence-corrected chi connectivity index (χ0v) is 11.8. The summed E-state index contributed by atoms with van der Waals surface area (Å²) in [6, 6.07) is 1.68. The van der Waals surface area contributed by atoms with Crippen molar-refractivity contribution in [2.24, 2.45) is 5.92 Å². The van der Waals surface area contributed by atoms with Gasteiger partial charge in [0.25, 0.3) is 0 Å². The Bertz CT molecular complexity index is 209. The van der Waals surface area contributed by atoms with Crippen molar-refractivity contribution in [3.05, 3.63) is 0 Å². The molecule has 1 aliphatic carbocycles. The smallest absolute Gasteiger partial charge is 0.0249 e. The summed E-state index contributed by atoms with van der Waals surface area (Å²) in [7, 11) is 0. The van der Waals surface area contributed by atoms with Crippen LogP contribution in [0.1, 0.15) is 58.8 Å².